The summed E-state index contributed by atoms with van der Waals surface area (Å²) < 4.78 is 0. The molecule has 0 radical (unpaired) electrons. The molecule has 2 rings (SSSR count). The topological polar surface area (TPSA) is 44.0 Å². The SMILES string of the molecule is CC1CC(NCc2cnc[nH]2)CN1C. The third-order valence-corrected chi connectivity index (χ3v) is 3.02. The number of imidazole rings is 1. The highest BCUT2D eigenvalue weighted by molar-refractivity contribution is 4.95. The molecule has 1 saturated heterocycles. The maximum atomic E-state index is 3.99. The van der Waals surface area contributed by atoms with E-state index >= 15 is 0 Å². The summed E-state index contributed by atoms with van der Waals surface area (Å²) in [6.07, 6.45) is 4.83. The number of aromatic nitrogens is 2. The molecular weight excluding hydrogens is 176 g/mol. The third-order valence-electron chi connectivity index (χ3n) is 3.02. The zero-order valence-corrected chi connectivity index (χ0v) is 8.83. The molecule has 78 valence electrons. The summed E-state index contributed by atoms with van der Waals surface area (Å²) in [4.78, 5) is 9.48. The lowest BCUT2D eigenvalue weighted by Gasteiger charge is -2.12. The summed E-state index contributed by atoms with van der Waals surface area (Å²) in [6, 6.07) is 1.33. The van der Waals surface area contributed by atoms with Gasteiger partial charge >= 0.3 is 0 Å². The molecule has 1 aliphatic rings. The zero-order chi connectivity index (χ0) is 9.97. The summed E-state index contributed by atoms with van der Waals surface area (Å²) in [5.41, 5.74) is 1.16. The lowest BCUT2D eigenvalue weighted by Crippen LogP contribution is -2.31. The Labute approximate surface area is 84.7 Å². The first-order valence-electron chi connectivity index (χ1n) is 5.16. The zero-order valence-electron chi connectivity index (χ0n) is 8.83. The first kappa shape index (κ1) is 9.68. The molecule has 1 aromatic rings. The van der Waals surface area contributed by atoms with Gasteiger partial charge in [0.05, 0.1) is 6.33 Å². The lowest BCUT2D eigenvalue weighted by molar-refractivity contribution is 0.326. The number of hydrogen-bond acceptors (Lipinski definition) is 3. The van der Waals surface area contributed by atoms with Gasteiger partial charge in [0.2, 0.25) is 0 Å². The molecule has 1 aromatic heterocycles. The van der Waals surface area contributed by atoms with Gasteiger partial charge in [-0.05, 0) is 20.4 Å². The van der Waals surface area contributed by atoms with Crippen LogP contribution in [-0.4, -0.2) is 40.5 Å². The number of likely N-dealkylation sites (tertiary alicyclic amines) is 1. The molecule has 0 aliphatic carbocycles. The van der Waals surface area contributed by atoms with Crippen molar-refractivity contribution < 1.29 is 0 Å². The van der Waals surface area contributed by atoms with Gasteiger partial charge in [0.25, 0.3) is 0 Å². The monoisotopic (exact) mass is 194 g/mol. The summed E-state index contributed by atoms with van der Waals surface area (Å²) in [7, 11) is 2.18. The molecule has 2 heterocycles. The van der Waals surface area contributed by atoms with E-state index in [9.17, 15) is 0 Å². The molecule has 2 atom stereocenters. The van der Waals surface area contributed by atoms with Crippen LogP contribution in [-0.2, 0) is 6.54 Å². The van der Waals surface area contributed by atoms with E-state index in [-0.39, 0.29) is 0 Å². The Hall–Kier alpha value is -0.870. The predicted octanol–water partition coefficient (Wildman–Crippen LogP) is 0.592. The minimum Gasteiger partial charge on any atom is -0.347 e. The van der Waals surface area contributed by atoms with Crippen molar-refractivity contribution in [3.8, 4) is 0 Å². The van der Waals surface area contributed by atoms with Crippen LogP contribution in [0, 0.1) is 0 Å². The highest BCUT2D eigenvalue weighted by Gasteiger charge is 2.25. The quantitative estimate of drug-likeness (QED) is 0.740. The van der Waals surface area contributed by atoms with E-state index in [4.69, 9.17) is 0 Å². The number of nitrogens with zero attached hydrogens (tertiary/aromatic N) is 2. The fraction of sp³-hybridized carbons (Fsp3) is 0.700. The van der Waals surface area contributed by atoms with Gasteiger partial charge in [-0.15, -0.1) is 0 Å². The first-order valence-corrected chi connectivity index (χ1v) is 5.16. The van der Waals surface area contributed by atoms with Gasteiger partial charge in [-0.3, -0.25) is 0 Å². The molecule has 0 aromatic carbocycles. The van der Waals surface area contributed by atoms with Gasteiger partial charge in [0.15, 0.2) is 0 Å². The van der Waals surface area contributed by atoms with E-state index in [0.29, 0.717) is 12.1 Å². The molecule has 4 heteroatoms. The molecule has 0 spiro atoms. The van der Waals surface area contributed by atoms with Crippen LogP contribution in [0.1, 0.15) is 19.0 Å². The predicted molar refractivity (Wildman–Crippen MR) is 55.9 cm³/mol. The maximum Gasteiger partial charge on any atom is 0.0922 e. The molecule has 2 unspecified atom stereocenters. The smallest absolute Gasteiger partial charge is 0.0922 e. The Kier molecular flexibility index (Phi) is 2.84. The fourth-order valence-electron chi connectivity index (χ4n) is 1.98. The van der Waals surface area contributed by atoms with Crippen molar-refractivity contribution in [2.45, 2.75) is 32.0 Å². The second-order valence-electron chi connectivity index (χ2n) is 4.18. The van der Waals surface area contributed by atoms with Crippen molar-refractivity contribution in [1.82, 2.24) is 20.2 Å². The van der Waals surface area contributed by atoms with E-state index < -0.39 is 0 Å². The van der Waals surface area contributed by atoms with Crippen LogP contribution < -0.4 is 5.32 Å². The summed E-state index contributed by atoms with van der Waals surface area (Å²) in [6.45, 7) is 4.32. The van der Waals surface area contributed by atoms with Crippen molar-refractivity contribution in [1.29, 1.82) is 0 Å². The highest BCUT2D eigenvalue weighted by atomic mass is 15.2. The molecule has 0 amide bonds. The summed E-state index contributed by atoms with van der Waals surface area (Å²) in [5, 5.41) is 3.53. The minimum absolute atomic E-state index is 0.623. The van der Waals surface area contributed by atoms with Gasteiger partial charge in [0, 0.05) is 37.1 Å². The average molecular weight is 194 g/mol. The lowest BCUT2D eigenvalue weighted by atomic mass is 10.2. The second-order valence-corrected chi connectivity index (χ2v) is 4.18. The summed E-state index contributed by atoms with van der Waals surface area (Å²) in [5.74, 6) is 0. The molecule has 14 heavy (non-hydrogen) atoms. The Morgan fingerprint density at radius 1 is 1.71 bits per heavy atom. The fourth-order valence-corrected chi connectivity index (χ4v) is 1.98. The van der Waals surface area contributed by atoms with E-state index in [0.717, 1.165) is 18.8 Å². The molecule has 0 saturated carbocycles. The highest BCUT2D eigenvalue weighted by Crippen LogP contribution is 2.14. The van der Waals surface area contributed by atoms with Crippen molar-refractivity contribution >= 4 is 0 Å². The molecule has 0 bridgehead atoms. The van der Waals surface area contributed by atoms with Gasteiger partial charge in [0.1, 0.15) is 0 Å². The third kappa shape index (κ3) is 2.13. The van der Waals surface area contributed by atoms with Gasteiger partial charge in [-0.2, -0.15) is 0 Å². The van der Waals surface area contributed by atoms with Crippen LogP contribution >= 0.6 is 0 Å². The van der Waals surface area contributed by atoms with E-state index in [1.807, 2.05) is 6.20 Å². The number of hydrogen-bond donors (Lipinski definition) is 2. The minimum atomic E-state index is 0.623. The molecular formula is C10H18N4. The van der Waals surface area contributed by atoms with Crippen molar-refractivity contribution in [3.63, 3.8) is 0 Å². The van der Waals surface area contributed by atoms with Crippen LogP contribution in [0.25, 0.3) is 0 Å². The van der Waals surface area contributed by atoms with Gasteiger partial charge in [-0.25, -0.2) is 4.98 Å². The number of nitrogens with one attached hydrogen (secondary N) is 2. The first-order chi connectivity index (χ1) is 6.75. The average Bonchev–Trinajstić information content (AvgIpc) is 2.74. The van der Waals surface area contributed by atoms with E-state index in [2.05, 4.69) is 34.2 Å². The Morgan fingerprint density at radius 2 is 2.57 bits per heavy atom. The van der Waals surface area contributed by atoms with Crippen molar-refractivity contribution in [3.05, 3.63) is 18.2 Å². The molecule has 2 N–H and O–H groups in total. The maximum absolute atomic E-state index is 3.99. The van der Waals surface area contributed by atoms with Crippen molar-refractivity contribution in [2.24, 2.45) is 0 Å². The van der Waals surface area contributed by atoms with Crippen LogP contribution in [0.2, 0.25) is 0 Å². The Morgan fingerprint density at radius 3 is 3.14 bits per heavy atom. The normalized spacial score (nSPS) is 28.4. The Balaban J connectivity index is 1.77. The summed E-state index contributed by atoms with van der Waals surface area (Å²) >= 11 is 0. The van der Waals surface area contributed by atoms with Gasteiger partial charge < -0.3 is 15.2 Å². The molecule has 1 fully saturated rings. The van der Waals surface area contributed by atoms with Crippen LogP contribution in [0.4, 0.5) is 0 Å². The molecule has 1 aliphatic heterocycles. The number of H-pyrrole nitrogens is 1. The van der Waals surface area contributed by atoms with Gasteiger partial charge in [-0.1, -0.05) is 0 Å². The van der Waals surface area contributed by atoms with Crippen LogP contribution in [0.3, 0.4) is 0 Å². The number of rotatable bonds is 3. The van der Waals surface area contributed by atoms with E-state index in [1.165, 1.54) is 6.42 Å². The second kappa shape index (κ2) is 4.11. The van der Waals surface area contributed by atoms with Crippen molar-refractivity contribution in [2.75, 3.05) is 13.6 Å². The number of likely N-dealkylation sites (N-methyl/N-ethyl adjacent to an activating group) is 1. The van der Waals surface area contributed by atoms with Crippen LogP contribution in [0.5, 0.6) is 0 Å². The van der Waals surface area contributed by atoms with Crippen LogP contribution in [0.15, 0.2) is 12.5 Å². The number of aromatic amines is 1. The standard InChI is InChI=1S/C10H18N4/c1-8-3-9(6-14(8)2)12-5-10-4-11-7-13-10/h4,7-9,12H,3,5-6H2,1-2H3,(H,11,13). The largest absolute Gasteiger partial charge is 0.347 e. The van der Waals surface area contributed by atoms with E-state index in [1.54, 1.807) is 6.33 Å². The molecule has 4 nitrogen and oxygen atoms in total. The Bertz CT molecular complexity index is 260.